The molecule has 1 aromatic heterocycles. The molecule has 0 radical (unpaired) electrons. The van der Waals surface area contributed by atoms with Crippen LogP contribution in [0.5, 0.6) is 5.75 Å². The lowest BCUT2D eigenvalue weighted by molar-refractivity contribution is -0.123. The summed E-state index contributed by atoms with van der Waals surface area (Å²) in [6.07, 6.45) is 1.74. The lowest BCUT2D eigenvalue weighted by Gasteiger charge is -2.22. The van der Waals surface area contributed by atoms with Gasteiger partial charge in [-0.2, -0.15) is 4.72 Å². The molecule has 1 heterocycles. The predicted molar refractivity (Wildman–Crippen MR) is 132 cm³/mol. The van der Waals surface area contributed by atoms with E-state index in [0.717, 1.165) is 5.56 Å². The summed E-state index contributed by atoms with van der Waals surface area (Å²) in [5, 5.41) is 5.40. The minimum absolute atomic E-state index is 0.0762. The average molecular weight is 497 g/mol. The lowest BCUT2D eigenvalue weighted by atomic mass is 10.1. The van der Waals surface area contributed by atoms with Gasteiger partial charge in [0.05, 0.1) is 18.8 Å². The molecule has 0 aliphatic rings. The molecule has 2 aromatic carbocycles. The van der Waals surface area contributed by atoms with Crippen molar-refractivity contribution in [3.8, 4) is 5.75 Å². The van der Waals surface area contributed by atoms with Crippen LogP contribution in [0, 0.1) is 0 Å². The van der Waals surface area contributed by atoms with E-state index >= 15 is 0 Å². The standard InChI is InChI=1S/C25H28N4O5S/c1-17(21-11-7-8-14-26-21)27-25(31)22(15-19-9-5-4-6-10-19)29-35(32,33)24-16-20(28-18(2)30)12-13-23(24)34-3/h4-14,16-17,22,29H,15H2,1-3H3,(H,27,31)(H,28,30)/t17-,22-/m1/s1. The molecule has 0 fully saturated rings. The molecule has 9 nitrogen and oxygen atoms in total. The summed E-state index contributed by atoms with van der Waals surface area (Å²) >= 11 is 0. The summed E-state index contributed by atoms with van der Waals surface area (Å²) in [6, 6.07) is 17.1. The number of carbonyl (C=O) groups excluding carboxylic acids is 2. The number of benzene rings is 2. The molecular formula is C25H28N4O5S. The van der Waals surface area contributed by atoms with Gasteiger partial charge in [-0.25, -0.2) is 8.42 Å². The molecule has 0 saturated carbocycles. The lowest BCUT2D eigenvalue weighted by Crippen LogP contribution is -2.48. The second-order valence-electron chi connectivity index (χ2n) is 7.90. The molecular weight excluding hydrogens is 468 g/mol. The third-order valence-electron chi connectivity index (χ3n) is 5.16. The summed E-state index contributed by atoms with van der Waals surface area (Å²) in [4.78, 5) is 28.8. The van der Waals surface area contributed by atoms with E-state index in [9.17, 15) is 18.0 Å². The van der Waals surface area contributed by atoms with Crippen molar-refractivity contribution in [2.75, 3.05) is 12.4 Å². The molecule has 0 bridgehead atoms. The fourth-order valence-electron chi connectivity index (χ4n) is 3.48. The van der Waals surface area contributed by atoms with Crippen LogP contribution in [-0.4, -0.2) is 38.4 Å². The van der Waals surface area contributed by atoms with Gasteiger partial charge >= 0.3 is 0 Å². The molecule has 2 amide bonds. The number of ether oxygens (including phenoxy) is 1. The number of hydrogen-bond acceptors (Lipinski definition) is 6. The molecule has 0 saturated heterocycles. The SMILES string of the molecule is COc1ccc(NC(C)=O)cc1S(=O)(=O)N[C@H](Cc1ccccc1)C(=O)N[C@H](C)c1ccccn1. The van der Waals surface area contributed by atoms with Gasteiger partial charge in [-0.15, -0.1) is 0 Å². The van der Waals surface area contributed by atoms with Crippen molar-refractivity contribution in [3.05, 3.63) is 84.2 Å². The van der Waals surface area contributed by atoms with Gasteiger partial charge in [0.1, 0.15) is 16.7 Å². The smallest absolute Gasteiger partial charge is 0.245 e. The van der Waals surface area contributed by atoms with Gasteiger partial charge in [0.25, 0.3) is 0 Å². The second-order valence-corrected chi connectivity index (χ2v) is 9.58. The first kappa shape index (κ1) is 25.9. The van der Waals surface area contributed by atoms with Gasteiger partial charge in [-0.05, 0) is 49.2 Å². The highest BCUT2D eigenvalue weighted by Crippen LogP contribution is 2.27. The topological polar surface area (TPSA) is 126 Å². The van der Waals surface area contributed by atoms with Crippen molar-refractivity contribution in [2.24, 2.45) is 0 Å². The van der Waals surface area contributed by atoms with Crippen LogP contribution in [0.15, 0.2) is 77.8 Å². The van der Waals surface area contributed by atoms with E-state index in [1.165, 1.54) is 32.2 Å². The fourth-order valence-corrected chi connectivity index (χ4v) is 4.87. The van der Waals surface area contributed by atoms with Crippen LogP contribution in [0.4, 0.5) is 5.69 Å². The van der Waals surface area contributed by atoms with Crippen molar-refractivity contribution in [2.45, 2.75) is 37.2 Å². The van der Waals surface area contributed by atoms with Gasteiger partial charge in [-0.3, -0.25) is 14.6 Å². The third-order valence-corrected chi connectivity index (χ3v) is 6.65. The number of pyridine rings is 1. The Morgan fingerprint density at radius 2 is 1.74 bits per heavy atom. The van der Waals surface area contributed by atoms with Gasteiger partial charge in [0.15, 0.2) is 0 Å². The Labute approximate surface area is 205 Å². The minimum atomic E-state index is -4.23. The number of rotatable bonds is 10. The number of sulfonamides is 1. The molecule has 3 rings (SSSR count). The van der Waals surface area contributed by atoms with Crippen molar-refractivity contribution >= 4 is 27.5 Å². The van der Waals surface area contributed by atoms with E-state index in [1.807, 2.05) is 36.4 Å². The Balaban J connectivity index is 1.91. The van der Waals surface area contributed by atoms with Crippen LogP contribution >= 0.6 is 0 Å². The van der Waals surface area contributed by atoms with Crippen LogP contribution in [-0.2, 0) is 26.0 Å². The zero-order chi connectivity index (χ0) is 25.4. The van der Waals surface area contributed by atoms with E-state index < -0.39 is 28.0 Å². The molecule has 3 aromatic rings. The van der Waals surface area contributed by atoms with E-state index in [2.05, 4.69) is 20.3 Å². The normalized spacial score (nSPS) is 12.9. The molecule has 35 heavy (non-hydrogen) atoms. The zero-order valence-electron chi connectivity index (χ0n) is 19.7. The zero-order valence-corrected chi connectivity index (χ0v) is 20.5. The van der Waals surface area contributed by atoms with Crippen LogP contribution in [0.1, 0.15) is 31.1 Å². The molecule has 3 N–H and O–H groups in total. The van der Waals surface area contributed by atoms with Crippen molar-refractivity contribution in [1.29, 1.82) is 0 Å². The van der Waals surface area contributed by atoms with Gasteiger partial charge in [-0.1, -0.05) is 36.4 Å². The molecule has 0 aliphatic carbocycles. The van der Waals surface area contributed by atoms with E-state index in [1.54, 1.807) is 25.3 Å². The summed E-state index contributed by atoms with van der Waals surface area (Å²) in [5.74, 6) is -0.781. The number of aromatic nitrogens is 1. The maximum absolute atomic E-state index is 13.4. The predicted octanol–water partition coefficient (Wildman–Crippen LogP) is 2.82. The van der Waals surface area contributed by atoms with E-state index in [0.29, 0.717) is 5.69 Å². The van der Waals surface area contributed by atoms with Crippen LogP contribution in [0.25, 0.3) is 0 Å². The summed E-state index contributed by atoms with van der Waals surface area (Å²) < 4.78 is 34.6. The largest absolute Gasteiger partial charge is 0.495 e. The van der Waals surface area contributed by atoms with Gasteiger partial charge < -0.3 is 15.4 Å². The maximum Gasteiger partial charge on any atom is 0.245 e. The Morgan fingerprint density at radius 1 is 1.03 bits per heavy atom. The monoisotopic (exact) mass is 496 g/mol. The highest BCUT2D eigenvalue weighted by Gasteiger charge is 2.29. The summed E-state index contributed by atoms with van der Waals surface area (Å²) in [6.45, 7) is 3.09. The second kappa shape index (κ2) is 11.6. The third kappa shape index (κ3) is 7.11. The van der Waals surface area contributed by atoms with Crippen LogP contribution in [0.2, 0.25) is 0 Å². The van der Waals surface area contributed by atoms with Crippen molar-refractivity contribution in [1.82, 2.24) is 15.0 Å². The Morgan fingerprint density at radius 3 is 2.37 bits per heavy atom. The van der Waals surface area contributed by atoms with Gasteiger partial charge in [0.2, 0.25) is 21.8 Å². The molecule has 0 spiro atoms. The molecule has 10 heteroatoms. The summed E-state index contributed by atoms with van der Waals surface area (Å²) in [7, 11) is -2.89. The number of nitrogens with zero attached hydrogens (tertiary/aromatic N) is 1. The number of methoxy groups -OCH3 is 1. The van der Waals surface area contributed by atoms with E-state index in [4.69, 9.17) is 4.74 Å². The molecule has 184 valence electrons. The van der Waals surface area contributed by atoms with Crippen LogP contribution in [0.3, 0.4) is 0 Å². The number of hydrogen-bond donors (Lipinski definition) is 3. The van der Waals surface area contributed by atoms with Crippen molar-refractivity contribution in [3.63, 3.8) is 0 Å². The molecule has 0 unspecified atom stereocenters. The highest BCUT2D eigenvalue weighted by molar-refractivity contribution is 7.89. The first-order valence-corrected chi connectivity index (χ1v) is 12.4. The average Bonchev–Trinajstić information content (AvgIpc) is 2.84. The van der Waals surface area contributed by atoms with Crippen LogP contribution < -0.4 is 20.1 Å². The quantitative estimate of drug-likeness (QED) is 0.396. The number of anilines is 1. The van der Waals surface area contributed by atoms with Gasteiger partial charge in [0, 0.05) is 18.8 Å². The Hall–Kier alpha value is -3.76. The highest BCUT2D eigenvalue weighted by atomic mass is 32.2. The maximum atomic E-state index is 13.4. The number of nitrogens with one attached hydrogen (secondary N) is 3. The molecule has 0 aliphatic heterocycles. The van der Waals surface area contributed by atoms with Crippen molar-refractivity contribution < 1.29 is 22.7 Å². The Bertz CT molecular complexity index is 1270. The van der Waals surface area contributed by atoms with E-state index in [-0.39, 0.29) is 28.7 Å². The first-order valence-electron chi connectivity index (χ1n) is 10.9. The first-order chi connectivity index (χ1) is 16.7. The minimum Gasteiger partial charge on any atom is -0.495 e. The summed E-state index contributed by atoms with van der Waals surface area (Å²) in [5.41, 5.74) is 1.71. The number of amides is 2. The molecule has 2 atom stereocenters. The fraction of sp³-hybridized carbons (Fsp3) is 0.240. The number of carbonyl (C=O) groups is 2. The Kier molecular flexibility index (Phi) is 8.56.